The summed E-state index contributed by atoms with van der Waals surface area (Å²) in [6.07, 6.45) is 0. The van der Waals surface area contributed by atoms with Gasteiger partial charge in [-0.05, 0) is 42.5 Å². The van der Waals surface area contributed by atoms with Crippen molar-refractivity contribution < 1.29 is 4.42 Å². The van der Waals surface area contributed by atoms with E-state index in [0.717, 1.165) is 61.4 Å². The van der Waals surface area contributed by atoms with E-state index in [1.54, 1.807) is 11.3 Å². The Morgan fingerprint density at radius 1 is 0.400 bits per heavy atom. The molecule has 4 heterocycles. The number of hydrogen-bond donors (Lipinski definition) is 0. The lowest BCUT2D eigenvalue weighted by atomic mass is 10.0. The zero-order chi connectivity index (χ0) is 33.0. The number of furan rings is 1. The van der Waals surface area contributed by atoms with Gasteiger partial charge in [-0.1, -0.05) is 115 Å². The predicted molar refractivity (Wildman–Crippen MR) is 205 cm³/mol. The minimum Gasteiger partial charge on any atom is -0.452 e. The molecule has 0 N–H and O–H groups in total. The SMILES string of the molecule is c1ccc(-c2cc(-c3ccccc3)nc(-c3ccc4sc5cc(-c6nc(-c7ccccc7)c7oc8ccccc8c7n6)ccc5c4c3)n2)cc1. The van der Waals surface area contributed by atoms with Crippen LogP contribution < -0.4 is 0 Å². The van der Waals surface area contributed by atoms with Gasteiger partial charge in [0.05, 0.1) is 11.4 Å². The fraction of sp³-hybridized carbons (Fsp3) is 0. The van der Waals surface area contributed by atoms with Crippen LogP contribution in [0.2, 0.25) is 0 Å². The Balaban J connectivity index is 1.11. The van der Waals surface area contributed by atoms with E-state index < -0.39 is 0 Å². The maximum Gasteiger partial charge on any atom is 0.180 e. The second-order valence-corrected chi connectivity index (χ2v) is 13.3. The number of para-hydroxylation sites is 1. The van der Waals surface area contributed by atoms with Crippen LogP contribution in [0.5, 0.6) is 0 Å². The summed E-state index contributed by atoms with van der Waals surface area (Å²) < 4.78 is 8.69. The van der Waals surface area contributed by atoms with Gasteiger partial charge in [0.15, 0.2) is 17.2 Å². The molecule has 0 unspecified atom stereocenters. The Bertz CT molecular complexity index is 2810. The molecule has 0 aliphatic heterocycles. The Labute approximate surface area is 291 Å². The van der Waals surface area contributed by atoms with Crippen LogP contribution in [-0.4, -0.2) is 19.9 Å². The van der Waals surface area contributed by atoms with Gasteiger partial charge >= 0.3 is 0 Å². The lowest BCUT2D eigenvalue weighted by molar-refractivity contribution is 0.667. The van der Waals surface area contributed by atoms with Gasteiger partial charge in [-0.15, -0.1) is 11.3 Å². The van der Waals surface area contributed by atoms with Crippen molar-refractivity contribution in [3.8, 4) is 56.5 Å². The summed E-state index contributed by atoms with van der Waals surface area (Å²) in [5.74, 6) is 1.37. The van der Waals surface area contributed by atoms with Gasteiger partial charge in [0.1, 0.15) is 16.8 Å². The molecule has 0 amide bonds. The summed E-state index contributed by atoms with van der Waals surface area (Å²) in [6.45, 7) is 0. The summed E-state index contributed by atoms with van der Waals surface area (Å²) in [5, 5.41) is 3.33. The van der Waals surface area contributed by atoms with E-state index >= 15 is 0 Å². The summed E-state index contributed by atoms with van der Waals surface area (Å²) in [7, 11) is 0. The van der Waals surface area contributed by atoms with Crippen LogP contribution in [0.3, 0.4) is 0 Å². The average Bonchev–Trinajstić information content (AvgIpc) is 3.76. The highest BCUT2D eigenvalue weighted by Gasteiger charge is 2.19. The normalized spacial score (nSPS) is 11.6. The first kappa shape index (κ1) is 28.5. The molecule has 234 valence electrons. The largest absolute Gasteiger partial charge is 0.452 e. The Hall–Kier alpha value is -6.50. The van der Waals surface area contributed by atoms with Gasteiger partial charge in [0, 0.05) is 53.4 Å². The van der Waals surface area contributed by atoms with Crippen molar-refractivity contribution in [1.82, 2.24) is 19.9 Å². The molecule has 0 saturated carbocycles. The Morgan fingerprint density at radius 2 is 1.00 bits per heavy atom. The first-order valence-corrected chi connectivity index (χ1v) is 17.3. The maximum atomic E-state index is 6.32. The second-order valence-electron chi connectivity index (χ2n) is 12.3. The van der Waals surface area contributed by atoms with Gasteiger partial charge in [-0.25, -0.2) is 19.9 Å². The second kappa shape index (κ2) is 11.6. The van der Waals surface area contributed by atoms with E-state index in [2.05, 4.69) is 84.9 Å². The third kappa shape index (κ3) is 4.85. The van der Waals surface area contributed by atoms with Crippen LogP contribution in [0.1, 0.15) is 0 Å². The summed E-state index contributed by atoms with van der Waals surface area (Å²) >= 11 is 1.77. The van der Waals surface area contributed by atoms with Crippen LogP contribution >= 0.6 is 11.3 Å². The highest BCUT2D eigenvalue weighted by molar-refractivity contribution is 7.25. The molecule has 5 nitrogen and oxygen atoms in total. The van der Waals surface area contributed by atoms with Gasteiger partial charge in [0.25, 0.3) is 0 Å². The Kier molecular flexibility index (Phi) is 6.60. The van der Waals surface area contributed by atoms with E-state index in [1.807, 2.05) is 72.8 Å². The van der Waals surface area contributed by atoms with Crippen molar-refractivity contribution in [1.29, 1.82) is 0 Å². The van der Waals surface area contributed by atoms with Crippen molar-refractivity contribution in [2.24, 2.45) is 0 Å². The maximum absolute atomic E-state index is 6.32. The molecule has 6 aromatic carbocycles. The summed E-state index contributed by atoms with van der Waals surface area (Å²) in [4.78, 5) is 20.3. The quantitative estimate of drug-likeness (QED) is 0.184. The summed E-state index contributed by atoms with van der Waals surface area (Å²) in [6, 6.07) is 53.9. The molecule has 0 saturated heterocycles. The standard InChI is InChI=1S/C44H26N4OS/c1-4-12-27(13-5-1)35-26-36(28-14-6-2-7-15-28)46-43(45-35)30-21-23-38-34(24-30)32-22-20-31(25-39(32)50-38)44-47-40(29-16-8-3-9-17-29)42-41(48-44)33-18-10-11-19-37(33)49-42/h1-26H. The van der Waals surface area contributed by atoms with E-state index in [1.165, 1.54) is 20.2 Å². The zero-order valence-electron chi connectivity index (χ0n) is 26.6. The van der Waals surface area contributed by atoms with Crippen LogP contribution in [0.15, 0.2) is 162 Å². The molecule has 10 rings (SSSR count). The van der Waals surface area contributed by atoms with Gasteiger partial charge in [-0.3, -0.25) is 0 Å². The third-order valence-corrected chi connectivity index (χ3v) is 10.3. The number of nitrogens with zero attached hydrogens (tertiary/aromatic N) is 4. The van der Waals surface area contributed by atoms with Crippen molar-refractivity contribution in [2.45, 2.75) is 0 Å². The van der Waals surface area contributed by atoms with Gasteiger partial charge < -0.3 is 4.42 Å². The number of fused-ring (bicyclic) bond motifs is 6. The first-order chi connectivity index (χ1) is 24.7. The number of rotatable bonds is 5. The monoisotopic (exact) mass is 658 g/mol. The van der Waals surface area contributed by atoms with E-state index in [4.69, 9.17) is 24.4 Å². The minimum atomic E-state index is 0.669. The summed E-state index contributed by atoms with van der Waals surface area (Å²) in [5.41, 5.74) is 9.94. The van der Waals surface area contributed by atoms with E-state index in [9.17, 15) is 0 Å². The molecule has 0 aliphatic carbocycles. The molecule has 50 heavy (non-hydrogen) atoms. The third-order valence-electron chi connectivity index (χ3n) is 9.12. The van der Waals surface area contributed by atoms with Crippen LogP contribution in [-0.2, 0) is 0 Å². The number of thiophene rings is 1. The highest BCUT2D eigenvalue weighted by atomic mass is 32.1. The van der Waals surface area contributed by atoms with Crippen molar-refractivity contribution >= 4 is 53.6 Å². The lowest BCUT2D eigenvalue weighted by Gasteiger charge is -2.09. The molecule has 0 atom stereocenters. The number of aromatic nitrogens is 4. The lowest BCUT2D eigenvalue weighted by Crippen LogP contribution is -1.95. The first-order valence-electron chi connectivity index (χ1n) is 16.5. The fourth-order valence-electron chi connectivity index (χ4n) is 6.66. The fourth-order valence-corrected chi connectivity index (χ4v) is 7.78. The topological polar surface area (TPSA) is 64.7 Å². The van der Waals surface area contributed by atoms with Crippen LogP contribution in [0.4, 0.5) is 0 Å². The van der Waals surface area contributed by atoms with Gasteiger partial charge in [0.2, 0.25) is 0 Å². The number of benzene rings is 6. The van der Waals surface area contributed by atoms with E-state index in [0.29, 0.717) is 17.2 Å². The van der Waals surface area contributed by atoms with Crippen LogP contribution in [0.25, 0.3) is 98.8 Å². The van der Waals surface area contributed by atoms with Crippen molar-refractivity contribution in [2.75, 3.05) is 0 Å². The molecule has 0 fully saturated rings. The molecule has 0 bridgehead atoms. The molecule has 6 heteroatoms. The average molecular weight is 659 g/mol. The van der Waals surface area contributed by atoms with E-state index in [-0.39, 0.29) is 0 Å². The molecule has 0 aliphatic rings. The van der Waals surface area contributed by atoms with Gasteiger partial charge in [-0.2, -0.15) is 0 Å². The Morgan fingerprint density at radius 3 is 1.72 bits per heavy atom. The molecule has 0 radical (unpaired) electrons. The van der Waals surface area contributed by atoms with Crippen molar-refractivity contribution in [3.63, 3.8) is 0 Å². The molecular formula is C44H26N4OS. The zero-order valence-corrected chi connectivity index (χ0v) is 27.4. The minimum absolute atomic E-state index is 0.669. The predicted octanol–water partition coefficient (Wildman–Crippen LogP) is 11.9. The molecule has 10 aromatic rings. The molecule has 4 aromatic heterocycles. The molecule has 0 spiro atoms. The molecular weight excluding hydrogens is 633 g/mol. The van der Waals surface area contributed by atoms with Crippen molar-refractivity contribution in [3.05, 3.63) is 158 Å². The highest BCUT2D eigenvalue weighted by Crippen LogP contribution is 2.40. The van der Waals surface area contributed by atoms with Crippen LogP contribution in [0, 0.1) is 0 Å². The smallest absolute Gasteiger partial charge is 0.180 e. The number of hydrogen-bond acceptors (Lipinski definition) is 6.